The van der Waals surface area contributed by atoms with Crippen LogP contribution in [0.3, 0.4) is 0 Å². The number of carbonyl (C=O) groups excluding carboxylic acids is 2. The third kappa shape index (κ3) is 8.87. The van der Waals surface area contributed by atoms with E-state index in [-0.39, 0.29) is 22.9 Å². The highest BCUT2D eigenvalue weighted by atomic mass is 16.5. The van der Waals surface area contributed by atoms with Gasteiger partial charge in [-0.15, -0.1) is 0 Å². The molecule has 190 valence electrons. The molecule has 0 unspecified atom stereocenters. The third-order valence-electron chi connectivity index (χ3n) is 4.06. The zero-order valence-electron chi connectivity index (χ0n) is 18.9. The normalized spacial score (nSPS) is 11.7. The molecule has 0 fully saturated rings. The molecule has 0 saturated heterocycles. The van der Waals surface area contributed by atoms with Crippen LogP contribution >= 0.6 is 0 Å². The van der Waals surface area contributed by atoms with E-state index in [4.69, 9.17) is 29.9 Å². The first kappa shape index (κ1) is 28.7. The Morgan fingerprint density at radius 3 is 1.66 bits per heavy atom. The van der Waals surface area contributed by atoms with Gasteiger partial charge in [0.25, 0.3) is 11.8 Å². The second kappa shape index (κ2) is 14.8. The van der Waals surface area contributed by atoms with E-state index in [9.17, 15) is 19.2 Å². The fourth-order valence-corrected chi connectivity index (χ4v) is 2.38. The minimum Gasteiger partial charge on any atom is -0.494 e. The number of carboxylic acids is 2. The average molecular weight is 494 g/mol. The minimum atomic E-state index is -1.37. The Morgan fingerprint density at radius 1 is 0.857 bits per heavy atom. The predicted molar refractivity (Wildman–Crippen MR) is 118 cm³/mol. The van der Waals surface area contributed by atoms with Crippen LogP contribution in [0.15, 0.2) is 36.7 Å². The molecule has 0 spiro atoms. The number of hydrogen-bond acceptors (Lipinski definition) is 10. The van der Waals surface area contributed by atoms with Crippen LogP contribution in [0.4, 0.5) is 0 Å². The summed E-state index contributed by atoms with van der Waals surface area (Å²) in [5, 5.41) is 39.3. The number of carbonyl (C=O) groups is 4. The smallest absolute Gasteiger partial charge is 0.328 e. The van der Waals surface area contributed by atoms with Gasteiger partial charge in [-0.3, -0.25) is 9.59 Å². The lowest BCUT2D eigenvalue weighted by Crippen LogP contribution is -2.43. The summed E-state index contributed by atoms with van der Waals surface area (Å²) < 4.78 is 10.1. The number of ether oxygens (including phenoxy) is 2. The first-order valence-electron chi connectivity index (χ1n) is 10.1. The van der Waals surface area contributed by atoms with Gasteiger partial charge in [-0.05, 0) is 31.2 Å². The maximum atomic E-state index is 11.8. The van der Waals surface area contributed by atoms with Crippen LogP contribution in [0.5, 0.6) is 11.5 Å². The number of amides is 2. The van der Waals surface area contributed by atoms with Crippen LogP contribution < -0.4 is 20.1 Å². The molecule has 2 aromatic heterocycles. The van der Waals surface area contributed by atoms with Crippen LogP contribution in [0.25, 0.3) is 0 Å². The van der Waals surface area contributed by atoms with Crippen LogP contribution in [0.2, 0.25) is 0 Å². The first-order chi connectivity index (χ1) is 16.7. The van der Waals surface area contributed by atoms with E-state index in [1.54, 1.807) is 25.1 Å². The first-order valence-corrected chi connectivity index (χ1v) is 10.1. The number of aliphatic hydroxyl groups is 2. The summed E-state index contributed by atoms with van der Waals surface area (Å²) >= 11 is 0. The molecule has 35 heavy (non-hydrogen) atoms. The SMILES string of the molecule is CCOc1cccnc1C(=O)N[C@@H](CO)C(=O)O.COc1cccnc1C(=O)N[C@@H](CO)C(=O)O. The van der Waals surface area contributed by atoms with Crippen molar-refractivity contribution in [2.75, 3.05) is 26.9 Å². The summed E-state index contributed by atoms with van der Waals surface area (Å²) in [6, 6.07) is 3.53. The molecule has 14 nitrogen and oxygen atoms in total. The second-order valence-electron chi connectivity index (χ2n) is 6.43. The van der Waals surface area contributed by atoms with Gasteiger partial charge < -0.3 is 40.5 Å². The highest BCUT2D eigenvalue weighted by Crippen LogP contribution is 2.15. The fourth-order valence-electron chi connectivity index (χ4n) is 2.38. The van der Waals surface area contributed by atoms with Crippen LogP contribution in [0, 0.1) is 0 Å². The fraction of sp³-hybridized carbons (Fsp3) is 0.333. The van der Waals surface area contributed by atoms with Gasteiger partial charge in [-0.1, -0.05) is 0 Å². The molecule has 0 aliphatic rings. The Labute approximate surface area is 199 Å². The summed E-state index contributed by atoms with van der Waals surface area (Å²) in [6.45, 7) is 0.713. The molecule has 6 N–H and O–H groups in total. The van der Waals surface area contributed by atoms with Crippen molar-refractivity contribution >= 4 is 23.8 Å². The predicted octanol–water partition coefficient (Wildman–Crippen LogP) is -1.08. The Bertz CT molecular complexity index is 1020. The lowest BCUT2D eigenvalue weighted by Gasteiger charge is -2.13. The van der Waals surface area contributed by atoms with E-state index >= 15 is 0 Å². The number of nitrogens with one attached hydrogen (secondary N) is 2. The lowest BCUT2D eigenvalue weighted by molar-refractivity contribution is -0.141. The largest absolute Gasteiger partial charge is 0.494 e. The maximum Gasteiger partial charge on any atom is 0.328 e. The van der Waals surface area contributed by atoms with Crippen molar-refractivity contribution in [2.24, 2.45) is 0 Å². The van der Waals surface area contributed by atoms with Crippen molar-refractivity contribution in [2.45, 2.75) is 19.0 Å². The number of aliphatic carboxylic acids is 2. The highest BCUT2D eigenvalue weighted by Gasteiger charge is 2.23. The number of aliphatic hydroxyl groups excluding tert-OH is 2. The van der Waals surface area contributed by atoms with E-state index in [0.717, 1.165) is 0 Å². The molecule has 2 heterocycles. The molecule has 2 amide bonds. The molecule has 0 aliphatic heterocycles. The quantitative estimate of drug-likeness (QED) is 0.220. The molecule has 0 aliphatic carbocycles. The average Bonchev–Trinajstić information content (AvgIpc) is 2.86. The van der Waals surface area contributed by atoms with E-state index in [1.807, 2.05) is 0 Å². The minimum absolute atomic E-state index is 0.0148. The Balaban J connectivity index is 0.000000351. The number of pyridine rings is 2. The van der Waals surface area contributed by atoms with Gasteiger partial charge in [-0.2, -0.15) is 0 Å². The topological polar surface area (TPSA) is 217 Å². The van der Waals surface area contributed by atoms with Crippen LogP contribution in [0.1, 0.15) is 27.9 Å². The van der Waals surface area contributed by atoms with Gasteiger partial charge in [0, 0.05) is 12.4 Å². The summed E-state index contributed by atoms with van der Waals surface area (Å²) in [5.74, 6) is -3.58. The van der Waals surface area contributed by atoms with E-state index in [0.29, 0.717) is 6.61 Å². The van der Waals surface area contributed by atoms with Crippen molar-refractivity contribution in [1.82, 2.24) is 20.6 Å². The number of nitrogens with zero attached hydrogens (tertiary/aromatic N) is 2. The molecule has 0 bridgehead atoms. The van der Waals surface area contributed by atoms with Crippen molar-refractivity contribution in [3.05, 3.63) is 48.0 Å². The summed E-state index contributed by atoms with van der Waals surface area (Å²) in [4.78, 5) is 52.4. The monoisotopic (exact) mass is 494 g/mol. The van der Waals surface area contributed by atoms with Crippen molar-refractivity contribution in [3.8, 4) is 11.5 Å². The zero-order chi connectivity index (χ0) is 26.4. The van der Waals surface area contributed by atoms with Gasteiger partial charge in [0.2, 0.25) is 0 Å². The van der Waals surface area contributed by atoms with Crippen molar-refractivity contribution < 1.29 is 49.1 Å². The second-order valence-corrected chi connectivity index (χ2v) is 6.43. The number of rotatable bonds is 11. The van der Waals surface area contributed by atoms with Crippen molar-refractivity contribution in [1.29, 1.82) is 0 Å². The van der Waals surface area contributed by atoms with Gasteiger partial charge in [0.05, 0.1) is 26.9 Å². The standard InChI is InChI=1S/C11H14N2O5.C10H12N2O5/c1-2-18-8-4-3-5-12-9(8)10(15)13-7(6-14)11(16)17;1-17-7-3-2-4-11-8(7)9(14)12-6(5-13)10(15)16/h3-5,7,14H,2,6H2,1H3,(H,13,15)(H,16,17);2-4,6,13H,5H2,1H3,(H,12,14)(H,15,16)/t7-;6-/m00/s1. The van der Waals surface area contributed by atoms with Gasteiger partial charge >= 0.3 is 11.9 Å². The zero-order valence-corrected chi connectivity index (χ0v) is 18.9. The Morgan fingerprint density at radius 2 is 1.29 bits per heavy atom. The molecular weight excluding hydrogens is 468 g/mol. The Kier molecular flexibility index (Phi) is 12.1. The molecular formula is C21H26N4O10. The number of methoxy groups -OCH3 is 1. The maximum absolute atomic E-state index is 11.8. The van der Waals surface area contributed by atoms with E-state index in [2.05, 4.69) is 20.6 Å². The van der Waals surface area contributed by atoms with Gasteiger partial charge in [-0.25, -0.2) is 19.6 Å². The molecule has 0 saturated carbocycles. The third-order valence-corrected chi connectivity index (χ3v) is 4.06. The number of hydrogen-bond donors (Lipinski definition) is 6. The molecule has 0 aromatic carbocycles. The molecule has 14 heteroatoms. The molecule has 2 atom stereocenters. The van der Waals surface area contributed by atoms with E-state index in [1.165, 1.54) is 25.6 Å². The molecule has 2 aromatic rings. The van der Waals surface area contributed by atoms with Crippen molar-refractivity contribution in [3.63, 3.8) is 0 Å². The van der Waals surface area contributed by atoms with Crippen LogP contribution in [-0.2, 0) is 9.59 Å². The van der Waals surface area contributed by atoms with Gasteiger partial charge in [0.1, 0.15) is 5.75 Å². The number of carboxylic acid groups (broad SMARTS) is 2. The Hall–Kier alpha value is -4.30. The summed E-state index contributed by atoms with van der Waals surface area (Å²) in [5.41, 5.74) is -0.0475. The van der Waals surface area contributed by atoms with E-state index < -0.39 is 49.1 Å². The summed E-state index contributed by atoms with van der Waals surface area (Å²) in [7, 11) is 1.37. The highest BCUT2D eigenvalue weighted by molar-refractivity contribution is 5.97. The van der Waals surface area contributed by atoms with Crippen LogP contribution in [-0.4, -0.2) is 93.2 Å². The van der Waals surface area contributed by atoms with Gasteiger partial charge in [0.15, 0.2) is 29.2 Å². The number of aromatic nitrogens is 2. The molecule has 0 radical (unpaired) electrons. The molecule has 2 rings (SSSR count). The lowest BCUT2D eigenvalue weighted by atomic mass is 10.2. The summed E-state index contributed by atoms with van der Waals surface area (Å²) in [6.07, 6.45) is 2.78.